The van der Waals surface area contributed by atoms with Crippen molar-refractivity contribution >= 4 is 29.8 Å². The quantitative estimate of drug-likeness (QED) is 0.0633. The molecule has 0 bridgehead atoms. The minimum absolute atomic E-state index is 0.127. The standard InChI is InChI=1S/C31H61N7O9/c1-22(2)25(38-29(43)47-31(5,6)13-18-46-30(3,4)12-9-14-32)27(41)37-23(11-8-15-35-28(33)42)26(40)36-21-24(39)34-16-10-17-45-20-19-44-7/h22-23,25H,8-21,32H2,1-7H3,(H,34,39)(H,36,40)(H,37,41)(H,38,43)(H3,33,35,42). The molecule has 0 aromatic heterocycles. The largest absolute Gasteiger partial charge is 0.443 e. The summed E-state index contributed by atoms with van der Waals surface area (Å²) in [6.07, 6.45) is 2.28. The van der Waals surface area contributed by atoms with Crippen molar-refractivity contribution in [1.82, 2.24) is 26.6 Å². The number of carbonyl (C=O) groups excluding carboxylic acids is 5. The van der Waals surface area contributed by atoms with Crippen molar-refractivity contribution in [3.8, 4) is 0 Å². The smallest absolute Gasteiger partial charge is 0.408 e. The van der Waals surface area contributed by atoms with Crippen molar-refractivity contribution in [2.75, 3.05) is 59.7 Å². The van der Waals surface area contributed by atoms with Gasteiger partial charge < -0.3 is 57.0 Å². The van der Waals surface area contributed by atoms with Crippen LogP contribution in [0.1, 0.15) is 80.1 Å². The zero-order chi connectivity index (χ0) is 35.9. The maximum absolute atomic E-state index is 13.3. The summed E-state index contributed by atoms with van der Waals surface area (Å²) in [5, 5.41) is 12.9. The van der Waals surface area contributed by atoms with Gasteiger partial charge in [-0.2, -0.15) is 0 Å². The van der Waals surface area contributed by atoms with E-state index in [0.717, 1.165) is 12.8 Å². The fourth-order valence-corrected chi connectivity index (χ4v) is 4.21. The molecule has 0 aliphatic rings. The molecule has 0 saturated heterocycles. The SMILES string of the molecule is COCCOCCCNC(=O)CNC(=O)C(CCCNC(N)=O)NC(=O)C(NC(=O)OC(C)(C)CCOC(C)(C)CCCN)C(C)C. The molecule has 47 heavy (non-hydrogen) atoms. The number of hydrogen-bond acceptors (Lipinski definition) is 10. The van der Waals surface area contributed by atoms with Crippen LogP contribution in [0.15, 0.2) is 0 Å². The lowest BCUT2D eigenvalue weighted by Gasteiger charge is -2.31. The molecule has 0 radical (unpaired) electrons. The second-order valence-electron chi connectivity index (χ2n) is 12.8. The molecule has 0 aliphatic carbocycles. The Labute approximate surface area is 279 Å². The van der Waals surface area contributed by atoms with Crippen molar-refractivity contribution in [2.45, 2.75) is 103 Å². The normalized spacial score (nSPS) is 13.0. The number of alkyl carbamates (subject to hydrolysis) is 1. The van der Waals surface area contributed by atoms with Crippen LogP contribution in [0.25, 0.3) is 0 Å². The van der Waals surface area contributed by atoms with E-state index in [1.165, 1.54) is 0 Å². The first-order chi connectivity index (χ1) is 22.0. The minimum atomic E-state index is -1.06. The average Bonchev–Trinajstić information content (AvgIpc) is 2.97. The van der Waals surface area contributed by atoms with E-state index in [-0.39, 0.29) is 31.0 Å². The van der Waals surface area contributed by atoms with Crippen LogP contribution in [0.2, 0.25) is 0 Å². The highest BCUT2D eigenvalue weighted by Crippen LogP contribution is 2.21. The Bertz CT molecular complexity index is 948. The fourth-order valence-electron chi connectivity index (χ4n) is 4.21. The Morgan fingerprint density at radius 3 is 2.06 bits per heavy atom. The maximum Gasteiger partial charge on any atom is 0.408 e. The van der Waals surface area contributed by atoms with Crippen LogP contribution in [0, 0.1) is 5.92 Å². The summed E-state index contributed by atoms with van der Waals surface area (Å²) >= 11 is 0. The lowest BCUT2D eigenvalue weighted by atomic mass is 10.0. The number of nitrogens with two attached hydrogens (primary N) is 2. The van der Waals surface area contributed by atoms with Gasteiger partial charge in [-0.3, -0.25) is 14.4 Å². The third kappa shape index (κ3) is 22.9. The third-order valence-electron chi connectivity index (χ3n) is 7.02. The van der Waals surface area contributed by atoms with Gasteiger partial charge >= 0.3 is 12.1 Å². The Morgan fingerprint density at radius 2 is 1.45 bits per heavy atom. The second kappa shape index (κ2) is 24.0. The van der Waals surface area contributed by atoms with E-state index in [1.54, 1.807) is 34.8 Å². The van der Waals surface area contributed by atoms with Crippen LogP contribution < -0.4 is 38.1 Å². The topological polar surface area (TPSA) is 234 Å². The first kappa shape index (κ1) is 43.8. The van der Waals surface area contributed by atoms with Crippen molar-refractivity contribution < 1.29 is 42.9 Å². The van der Waals surface area contributed by atoms with Gasteiger partial charge in [-0.25, -0.2) is 9.59 Å². The van der Waals surface area contributed by atoms with Gasteiger partial charge in [-0.1, -0.05) is 13.8 Å². The predicted molar refractivity (Wildman–Crippen MR) is 177 cm³/mol. The molecule has 0 heterocycles. The summed E-state index contributed by atoms with van der Waals surface area (Å²) in [7, 11) is 1.58. The van der Waals surface area contributed by atoms with Crippen LogP contribution >= 0.6 is 0 Å². The number of ether oxygens (including phenoxy) is 4. The molecule has 0 fully saturated rings. The molecule has 0 aromatic rings. The zero-order valence-corrected chi connectivity index (χ0v) is 29.5. The predicted octanol–water partition coefficient (Wildman–Crippen LogP) is 0.659. The van der Waals surface area contributed by atoms with Gasteiger partial charge in [0.25, 0.3) is 0 Å². The Balaban J connectivity index is 5.15. The van der Waals surface area contributed by atoms with Crippen LogP contribution in [-0.4, -0.2) is 113 Å². The van der Waals surface area contributed by atoms with Crippen molar-refractivity contribution in [2.24, 2.45) is 17.4 Å². The first-order valence-electron chi connectivity index (χ1n) is 16.3. The summed E-state index contributed by atoms with van der Waals surface area (Å²) in [5.41, 5.74) is 9.47. The summed E-state index contributed by atoms with van der Waals surface area (Å²) in [4.78, 5) is 62.5. The van der Waals surface area contributed by atoms with Crippen molar-refractivity contribution in [3.05, 3.63) is 0 Å². The second-order valence-corrected chi connectivity index (χ2v) is 12.8. The molecule has 0 spiro atoms. The lowest BCUT2D eigenvalue weighted by molar-refractivity contribution is -0.131. The molecule has 0 aliphatic heterocycles. The Morgan fingerprint density at radius 1 is 0.766 bits per heavy atom. The number of methoxy groups -OCH3 is 1. The molecular weight excluding hydrogens is 614 g/mol. The molecule has 0 aromatic carbocycles. The summed E-state index contributed by atoms with van der Waals surface area (Å²) in [6, 6.07) is -2.81. The van der Waals surface area contributed by atoms with Gasteiger partial charge in [-0.15, -0.1) is 0 Å². The molecule has 0 saturated carbocycles. The number of hydrogen-bond donors (Lipinski definition) is 7. The number of rotatable bonds is 26. The molecule has 2 atom stereocenters. The highest BCUT2D eigenvalue weighted by atomic mass is 16.6. The van der Waals surface area contributed by atoms with Gasteiger partial charge in [0.1, 0.15) is 17.7 Å². The van der Waals surface area contributed by atoms with E-state index in [9.17, 15) is 24.0 Å². The monoisotopic (exact) mass is 675 g/mol. The molecule has 16 nitrogen and oxygen atoms in total. The van der Waals surface area contributed by atoms with Crippen molar-refractivity contribution in [1.29, 1.82) is 0 Å². The number of carbonyl (C=O) groups is 5. The summed E-state index contributed by atoms with van der Waals surface area (Å²) in [6.45, 7) is 13.5. The highest BCUT2D eigenvalue weighted by Gasteiger charge is 2.32. The van der Waals surface area contributed by atoms with Crippen LogP contribution in [-0.2, 0) is 33.3 Å². The molecule has 16 heteroatoms. The van der Waals surface area contributed by atoms with Crippen LogP contribution in [0.3, 0.4) is 0 Å². The van der Waals surface area contributed by atoms with Gasteiger partial charge in [0.05, 0.1) is 32.0 Å². The molecule has 274 valence electrons. The summed E-state index contributed by atoms with van der Waals surface area (Å²) < 4.78 is 21.8. The first-order valence-corrected chi connectivity index (χ1v) is 16.3. The molecule has 2 unspecified atom stereocenters. The number of primary amides is 1. The molecular formula is C31H61N7O9. The van der Waals surface area contributed by atoms with Gasteiger partial charge in [0.2, 0.25) is 17.7 Å². The number of nitrogens with one attached hydrogen (secondary N) is 5. The van der Waals surface area contributed by atoms with Gasteiger partial charge in [0, 0.05) is 33.2 Å². The summed E-state index contributed by atoms with van der Waals surface area (Å²) in [5.74, 6) is -1.98. The highest BCUT2D eigenvalue weighted by molar-refractivity contribution is 5.93. The van der Waals surface area contributed by atoms with Crippen molar-refractivity contribution in [3.63, 3.8) is 0 Å². The van der Waals surface area contributed by atoms with E-state index in [4.69, 9.17) is 30.4 Å². The number of urea groups is 1. The Hall–Kier alpha value is -3.21. The Kier molecular flexibility index (Phi) is 22.4. The maximum atomic E-state index is 13.3. The van der Waals surface area contributed by atoms with Crippen LogP contribution in [0.5, 0.6) is 0 Å². The lowest BCUT2D eigenvalue weighted by Crippen LogP contribution is -2.56. The van der Waals surface area contributed by atoms with E-state index in [0.29, 0.717) is 58.8 Å². The van der Waals surface area contributed by atoms with E-state index < -0.39 is 47.5 Å². The van der Waals surface area contributed by atoms with Gasteiger partial charge in [-0.05, 0) is 72.3 Å². The van der Waals surface area contributed by atoms with E-state index in [1.807, 2.05) is 13.8 Å². The van der Waals surface area contributed by atoms with E-state index in [2.05, 4.69) is 26.6 Å². The number of amides is 6. The molecule has 6 amide bonds. The minimum Gasteiger partial charge on any atom is -0.443 e. The fraction of sp³-hybridized carbons (Fsp3) is 0.839. The van der Waals surface area contributed by atoms with E-state index >= 15 is 0 Å². The van der Waals surface area contributed by atoms with Gasteiger partial charge in [0.15, 0.2) is 0 Å². The average molecular weight is 676 g/mol. The molecule has 0 rings (SSSR count). The zero-order valence-electron chi connectivity index (χ0n) is 29.5. The van der Waals surface area contributed by atoms with Crippen LogP contribution in [0.4, 0.5) is 9.59 Å². The third-order valence-corrected chi connectivity index (χ3v) is 7.02. The molecule has 9 N–H and O–H groups in total.